The van der Waals surface area contributed by atoms with Crippen molar-refractivity contribution in [2.24, 2.45) is 5.84 Å². The van der Waals surface area contributed by atoms with Crippen LogP contribution < -0.4 is 11.3 Å². The summed E-state index contributed by atoms with van der Waals surface area (Å²) in [7, 11) is 0. The molecule has 1 aromatic heterocycles. The third kappa shape index (κ3) is 2.57. The fourth-order valence-corrected chi connectivity index (χ4v) is 2.73. The van der Waals surface area contributed by atoms with Crippen molar-refractivity contribution in [1.82, 2.24) is 5.43 Å². The summed E-state index contributed by atoms with van der Waals surface area (Å²) in [5.74, 6) is 5.59. The van der Waals surface area contributed by atoms with Gasteiger partial charge in [-0.15, -0.1) is 0 Å². The second kappa shape index (κ2) is 5.46. The van der Waals surface area contributed by atoms with E-state index in [0.717, 1.165) is 19.7 Å². The quantitative estimate of drug-likeness (QED) is 0.496. The molecule has 0 aliphatic carbocycles. The molecule has 0 spiro atoms. The maximum atomic E-state index is 6.10. The molecule has 0 aliphatic rings. The first-order valence-electron chi connectivity index (χ1n) is 4.65. The molecule has 0 saturated heterocycles. The summed E-state index contributed by atoms with van der Waals surface area (Å²) in [5, 5.41) is 4.87. The highest BCUT2D eigenvalue weighted by molar-refractivity contribution is 14.1. The third-order valence-corrected chi connectivity index (χ3v) is 4.59. The predicted molar refractivity (Wildman–Crippen MR) is 77.7 cm³/mol. The van der Waals surface area contributed by atoms with Gasteiger partial charge in [0.15, 0.2) is 0 Å². The van der Waals surface area contributed by atoms with Gasteiger partial charge in [0.05, 0.1) is 11.1 Å². The summed E-state index contributed by atoms with van der Waals surface area (Å²) in [6.45, 7) is 0. The molecule has 0 fully saturated rings. The summed E-state index contributed by atoms with van der Waals surface area (Å²) < 4.78 is 1.05. The Morgan fingerprint density at radius 1 is 1.31 bits per heavy atom. The fourth-order valence-electron chi connectivity index (χ4n) is 1.52. The van der Waals surface area contributed by atoms with Crippen LogP contribution in [0.4, 0.5) is 0 Å². The second-order valence-electron chi connectivity index (χ2n) is 3.33. The standard InChI is InChI=1S/C11H10ClIN2S/c12-9-5-7(1-2-10(9)13)11(15-14)8-3-4-16-6-8/h1-6,11,15H,14H2. The lowest BCUT2D eigenvalue weighted by atomic mass is 10.0. The lowest BCUT2D eigenvalue weighted by molar-refractivity contribution is 0.639. The van der Waals surface area contributed by atoms with Crippen molar-refractivity contribution in [2.45, 2.75) is 6.04 Å². The molecular formula is C11H10ClIN2S. The average Bonchev–Trinajstić information content (AvgIpc) is 2.78. The van der Waals surface area contributed by atoms with Crippen molar-refractivity contribution in [1.29, 1.82) is 0 Å². The van der Waals surface area contributed by atoms with Gasteiger partial charge in [-0.1, -0.05) is 17.7 Å². The Morgan fingerprint density at radius 2 is 2.12 bits per heavy atom. The molecule has 1 aromatic carbocycles. The van der Waals surface area contributed by atoms with E-state index in [1.807, 2.05) is 23.6 Å². The highest BCUT2D eigenvalue weighted by Crippen LogP contribution is 2.27. The number of halogens is 2. The molecule has 0 amide bonds. The number of rotatable bonds is 3. The van der Waals surface area contributed by atoms with E-state index < -0.39 is 0 Å². The fraction of sp³-hybridized carbons (Fsp3) is 0.0909. The van der Waals surface area contributed by atoms with Crippen LogP contribution in [0.15, 0.2) is 35.0 Å². The summed E-state index contributed by atoms with van der Waals surface area (Å²) in [5.41, 5.74) is 5.05. The number of thiophene rings is 1. The maximum absolute atomic E-state index is 6.10. The van der Waals surface area contributed by atoms with Crippen LogP contribution in [0.3, 0.4) is 0 Å². The Kier molecular flexibility index (Phi) is 4.21. The first-order chi connectivity index (χ1) is 7.72. The molecule has 0 radical (unpaired) electrons. The van der Waals surface area contributed by atoms with E-state index in [4.69, 9.17) is 17.4 Å². The Balaban J connectivity index is 2.37. The minimum atomic E-state index is 0.000694. The average molecular weight is 365 g/mol. The van der Waals surface area contributed by atoms with Gasteiger partial charge in [-0.3, -0.25) is 5.84 Å². The van der Waals surface area contributed by atoms with Gasteiger partial charge < -0.3 is 0 Å². The van der Waals surface area contributed by atoms with Crippen molar-refractivity contribution in [3.63, 3.8) is 0 Å². The van der Waals surface area contributed by atoms with Crippen LogP contribution in [0.1, 0.15) is 17.2 Å². The van der Waals surface area contributed by atoms with Gasteiger partial charge in [-0.2, -0.15) is 11.3 Å². The molecule has 84 valence electrons. The van der Waals surface area contributed by atoms with Crippen molar-refractivity contribution in [3.8, 4) is 0 Å². The molecule has 2 nitrogen and oxygen atoms in total. The van der Waals surface area contributed by atoms with Crippen molar-refractivity contribution < 1.29 is 0 Å². The summed E-state index contributed by atoms with van der Waals surface area (Å²) in [6.07, 6.45) is 0. The third-order valence-electron chi connectivity index (χ3n) is 2.32. The van der Waals surface area contributed by atoms with E-state index in [9.17, 15) is 0 Å². The van der Waals surface area contributed by atoms with E-state index in [1.54, 1.807) is 11.3 Å². The summed E-state index contributed by atoms with van der Waals surface area (Å²) in [6, 6.07) is 8.04. The zero-order chi connectivity index (χ0) is 11.5. The minimum Gasteiger partial charge on any atom is -0.271 e. The predicted octanol–water partition coefficient (Wildman–Crippen LogP) is 3.56. The molecule has 1 unspecified atom stereocenters. The number of hydrogen-bond acceptors (Lipinski definition) is 3. The number of hydrazine groups is 1. The van der Waals surface area contributed by atoms with Crippen molar-refractivity contribution in [3.05, 3.63) is 54.7 Å². The van der Waals surface area contributed by atoms with Gasteiger partial charge in [0.25, 0.3) is 0 Å². The molecule has 5 heteroatoms. The van der Waals surface area contributed by atoms with Gasteiger partial charge in [0, 0.05) is 3.57 Å². The normalized spacial score (nSPS) is 12.7. The van der Waals surface area contributed by atoms with E-state index in [0.29, 0.717) is 0 Å². The number of benzene rings is 1. The Hall–Kier alpha value is -0.140. The molecule has 16 heavy (non-hydrogen) atoms. The first kappa shape index (κ1) is 12.3. The van der Waals surface area contributed by atoms with Crippen LogP contribution >= 0.6 is 45.5 Å². The van der Waals surface area contributed by atoms with Crippen LogP contribution in [-0.4, -0.2) is 0 Å². The number of nitrogens with one attached hydrogen (secondary N) is 1. The highest BCUT2D eigenvalue weighted by Gasteiger charge is 2.13. The number of hydrogen-bond donors (Lipinski definition) is 2. The summed E-state index contributed by atoms with van der Waals surface area (Å²) in [4.78, 5) is 0. The lowest BCUT2D eigenvalue weighted by Gasteiger charge is -2.15. The zero-order valence-corrected chi connectivity index (χ0v) is 12.0. The van der Waals surface area contributed by atoms with Crippen LogP contribution in [0, 0.1) is 3.57 Å². The smallest absolute Gasteiger partial charge is 0.0718 e. The van der Waals surface area contributed by atoms with Crippen LogP contribution in [0.25, 0.3) is 0 Å². The topological polar surface area (TPSA) is 38.0 Å². The minimum absolute atomic E-state index is 0.000694. The van der Waals surface area contributed by atoms with E-state index >= 15 is 0 Å². The van der Waals surface area contributed by atoms with Crippen molar-refractivity contribution >= 4 is 45.5 Å². The first-order valence-corrected chi connectivity index (χ1v) is 7.05. The van der Waals surface area contributed by atoms with Gasteiger partial charge in [-0.05, 0) is 62.7 Å². The SMILES string of the molecule is NNC(c1ccsc1)c1ccc(I)c(Cl)c1. The largest absolute Gasteiger partial charge is 0.271 e. The monoisotopic (exact) mass is 364 g/mol. The van der Waals surface area contributed by atoms with E-state index in [-0.39, 0.29) is 6.04 Å². The van der Waals surface area contributed by atoms with Crippen LogP contribution in [-0.2, 0) is 0 Å². The van der Waals surface area contributed by atoms with Gasteiger partial charge in [0.2, 0.25) is 0 Å². The molecule has 2 rings (SSSR count). The number of nitrogens with two attached hydrogens (primary N) is 1. The van der Waals surface area contributed by atoms with Gasteiger partial charge in [0.1, 0.15) is 0 Å². The molecular weight excluding hydrogens is 355 g/mol. The zero-order valence-electron chi connectivity index (χ0n) is 8.28. The molecule has 0 bridgehead atoms. The van der Waals surface area contributed by atoms with Crippen LogP contribution in [0.5, 0.6) is 0 Å². The highest BCUT2D eigenvalue weighted by atomic mass is 127. The van der Waals surface area contributed by atoms with Gasteiger partial charge >= 0.3 is 0 Å². The van der Waals surface area contributed by atoms with Crippen molar-refractivity contribution in [2.75, 3.05) is 0 Å². The Morgan fingerprint density at radius 3 is 2.69 bits per heavy atom. The molecule has 1 heterocycles. The van der Waals surface area contributed by atoms with Crippen LogP contribution in [0.2, 0.25) is 5.02 Å². The molecule has 1 atom stereocenters. The van der Waals surface area contributed by atoms with E-state index in [2.05, 4.69) is 39.5 Å². The lowest BCUT2D eigenvalue weighted by Crippen LogP contribution is -2.28. The summed E-state index contributed by atoms with van der Waals surface area (Å²) >= 11 is 9.97. The second-order valence-corrected chi connectivity index (χ2v) is 5.68. The van der Waals surface area contributed by atoms with Gasteiger partial charge in [-0.25, -0.2) is 5.43 Å². The Bertz CT molecular complexity index is 473. The molecule has 2 aromatic rings. The molecule has 0 aliphatic heterocycles. The molecule has 0 saturated carbocycles. The maximum Gasteiger partial charge on any atom is 0.0718 e. The Labute approximate surface area is 117 Å². The van der Waals surface area contributed by atoms with E-state index in [1.165, 1.54) is 0 Å². The molecule has 3 N–H and O–H groups in total.